The van der Waals surface area contributed by atoms with E-state index >= 15 is 0 Å². The van der Waals surface area contributed by atoms with Crippen molar-refractivity contribution in [3.63, 3.8) is 0 Å². The van der Waals surface area contributed by atoms with Crippen LogP contribution >= 0.6 is 0 Å². The van der Waals surface area contributed by atoms with Crippen LogP contribution in [0.2, 0.25) is 0 Å². The number of aromatic nitrogens is 2. The maximum Gasteiger partial charge on any atom is 0.135 e. The van der Waals surface area contributed by atoms with Crippen molar-refractivity contribution in [2.45, 2.75) is 40.9 Å². The topological polar surface area (TPSA) is 47.0 Å². The number of anilines is 1. The molecule has 0 saturated carbocycles. The molecule has 88 valence electrons. The molecule has 0 bridgehead atoms. The third-order valence-corrected chi connectivity index (χ3v) is 2.48. The Hall–Kier alpha value is -1.16. The minimum Gasteiger partial charge on any atom is -0.370 e. The minimum atomic E-state index is 0.241. The number of hydrogen-bond donors (Lipinski definition) is 1. The number of rotatable bonds is 2. The van der Waals surface area contributed by atoms with Crippen molar-refractivity contribution in [2.24, 2.45) is 5.41 Å². The third kappa shape index (κ3) is 2.50. The summed E-state index contributed by atoms with van der Waals surface area (Å²) in [6, 6.07) is 0. The van der Waals surface area contributed by atoms with Crippen LogP contribution in [0.4, 0.5) is 5.82 Å². The van der Waals surface area contributed by atoms with Crippen molar-refractivity contribution in [1.82, 2.24) is 9.97 Å². The lowest BCUT2D eigenvalue weighted by Crippen LogP contribution is -2.20. The number of nitrogens with zero attached hydrogens (tertiary/aromatic N) is 2. The molecule has 0 spiro atoms. The monoisotopic (exact) mass is 221 g/mol. The second-order valence-corrected chi connectivity index (χ2v) is 5.45. The van der Waals surface area contributed by atoms with E-state index in [-0.39, 0.29) is 5.41 Å². The van der Waals surface area contributed by atoms with Crippen LogP contribution in [0.5, 0.6) is 0 Å². The van der Waals surface area contributed by atoms with E-state index in [4.69, 9.17) is 4.74 Å². The molecule has 0 unspecified atom stereocenters. The van der Waals surface area contributed by atoms with E-state index in [9.17, 15) is 0 Å². The van der Waals surface area contributed by atoms with Gasteiger partial charge in [0.05, 0.1) is 18.9 Å². The molecule has 2 rings (SSSR count). The highest BCUT2D eigenvalue weighted by atomic mass is 16.5. The number of hydrogen-bond acceptors (Lipinski definition) is 4. The predicted octanol–water partition coefficient (Wildman–Crippen LogP) is 2.27. The van der Waals surface area contributed by atoms with E-state index in [1.165, 1.54) is 0 Å². The Kier molecular flexibility index (Phi) is 2.84. The van der Waals surface area contributed by atoms with E-state index in [2.05, 4.69) is 36.1 Å². The van der Waals surface area contributed by atoms with E-state index in [1.807, 2.05) is 6.92 Å². The fraction of sp³-hybridized carbons (Fsp3) is 0.667. The minimum absolute atomic E-state index is 0.241. The largest absolute Gasteiger partial charge is 0.370 e. The van der Waals surface area contributed by atoms with E-state index in [0.29, 0.717) is 13.2 Å². The number of nitrogens with one attached hydrogen (secondary N) is 1. The van der Waals surface area contributed by atoms with Crippen molar-refractivity contribution < 1.29 is 4.74 Å². The Morgan fingerprint density at radius 2 is 2.00 bits per heavy atom. The molecule has 2 heterocycles. The molecule has 0 atom stereocenters. The van der Waals surface area contributed by atoms with E-state index < -0.39 is 0 Å². The first-order valence-electron chi connectivity index (χ1n) is 5.64. The number of fused-ring (bicyclic) bond motifs is 1. The Morgan fingerprint density at radius 1 is 1.25 bits per heavy atom. The van der Waals surface area contributed by atoms with Gasteiger partial charge in [-0.2, -0.15) is 0 Å². The summed E-state index contributed by atoms with van der Waals surface area (Å²) in [7, 11) is 0. The average molecular weight is 221 g/mol. The molecular weight excluding hydrogens is 202 g/mol. The zero-order valence-electron chi connectivity index (χ0n) is 10.4. The van der Waals surface area contributed by atoms with Crippen molar-refractivity contribution in [3.05, 3.63) is 17.1 Å². The van der Waals surface area contributed by atoms with Crippen LogP contribution in [-0.4, -0.2) is 16.5 Å². The molecule has 4 nitrogen and oxygen atoms in total. The molecule has 0 aliphatic carbocycles. The first kappa shape index (κ1) is 11.3. The zero-order valence-corrected chi connectivity index (χ0v) is 10.4. The van der Waals surface area contributed by atoms with Crippen LogP contribution in [0, 0.1) is 12.3 Å². The molecule has 0 amide bonds. The van der Waals surface area contributed by atoms with E-state index in [1.54, 1.807) is 0 Å². The standard InChI is InChI=1S/C12H19N3O/c1-8-14-10-6-16-5-9(10)11(15-8)13-7-12(2,3)4/h5-7H2,1-4H3,(H,13,14,15). The maximum atomic E-state index is 5.40. The number of ether oxygens (including phenoxy) is 1. The van der Waals surface area contributed by atoms with Crippen LogP contribution in [-0.2, 0) is 18.0 Å². The fourth-order valence-electron chi connectivity index (χ4n) is 1.67. The van der Waals surface area contributed by atoms with Gasteiger partial charge < -0.3 is 10.1 Å². The maximum absolute atomic E-state index is 5.40. The predicted molar refractivity (Wildman–Crippen MR) is 63.2 cm³/mol. The molecule has 0 saturated heterocycles. The number of aryl methyl sites for hydroxylation is 1. The van der Waals surface area contributed by atoms with Crippen LogP contribution in [0.25, 0.3) is 0 Å². The normalized spacial score (nSPS) is 15.0. The second-order valence-electron chi connectivity index (χ2n) is 5.45. The molecule has 1 aromatic heterocycles. The van der Waals surface area contributed by atoms with Gasteiger partial charge in [0.2, 0.25) is 0 Å². The highest BCUT2D eigenvalue weighted by molar-refractivity contribution is 5.47. The highest BCUT2D eigenvalue weighted by Crippen LogP contribution is 2.25. The SMILES string of the molecule is Cc1nc2c(c(NCC(C)(C)C)n1)COC2. The third-order valence-electron chi connectivity index (χ3n) is 2.48. The summed E-state index contributed by atoms with van der Waals surface area (Å²) in [4.78, 5) is 8.83. The molecule has 1 aliphatic heterocycles. The van der Waals surface area contributed by atoms with Crippen LogP contribution in [0.1, 0.15) is 37.9 Å². The molecular formula is C12H19N3O. The van der Waals surface area contributed by atoms with Crippen molar-refractivity contribution >= 4 is 5.82 Å². The molecule has 1 aromatic rings. The smallest absolute Gasteiger partial charge is 0.135 e. The van der Waals surface area contributed by atoms with Gasteiger partial charge in [-0.25, -0.2) is 9.97 Å². The summed E-state index contributed by atoms with van der Waals surface area (Å²) in [6.45, 7) is 10.7. The molecule has 0 radical (unpaired) electrons. The summed E-state index contributed by atoms with van der Waals surface area (Å²) in [6.07, 6.45) is 0. The van der Waals surface area contributed by atoms with Gasteiger partial charge in [0.15, 0.2) is 0 Å². The summed E-state index contributed by atoms with van der Waals surface area (Å²) >= 11 is 0. The Bertz CT molecular complexity index is 396. The van der Waals surface area contributed by atoms with Gasteiger partial charge in [0.25, 0.3) is 0 Å². The van der Waals surface area contributed by atoms with Crippen LogP contribution < -0.4 is 5.32 Å². The van der Waals surface area contributed by atoms with Gasteiger partial charge in [0.1, 0.15) is 11.6 Å². The lowest BCUT2D eigenvalue weighted by atomic mass is 9.97. The van der Waals surface area contributed by atoms with Gasteiger partial charge in [-0.3, -0.25) is 0 Å². The second kappa shape index (κ2) is 4.01. The van der Waals surface area contributed by atoms with Crippen molar-refractivity contribution in [1.29, 1.82) is 0 Å². The van der Waals surface area contributed by atoms with Gasteiger partial charge in [-0.05, 0) is 12.3 Å². The lowest BCUT2D eigenvalue weighted by molar-refractivity contribution is 0.133. The van der Waals surface area contributed by atoms with Gasteiger partial charge in [-0.15, -0.1) is 0 Å². The lowest BCUT2D eigenvalue weighted by Gasteiger charge is -2.20. The summed E-state index contributed by atoms with van der Waals surface area (Å²) in [5, 5.41) is 3.39. The molecule has 16 heavy (non-hydrogen) atoms. The van der Waals surface area contributed by atoms with Crippen LogP contribution in [0.15, 0.2) is 0 Å². The van der Waals surface area contributed by atoms with Crippen molar-refractivity contribution in [3.8, 4) is 0 Å². The molecule has 1 N–H and O–H groups in total. The van der Waals surface area contributed by atoms with Crippen molar-refractivity contribution in [2.75, 3.05) is 11.9 Å². The molecule has 1 aliphatic rings. The van der Waals surface area contributed by atoms with E-state index in [0.717, 1.165) is 29.4 Å². The molecule has 0 aromatic carbocycles. The Morgan fingerprint density at radius 3 is 2.69 bits per heavy atom. The first-order chi connectivity index (χ1) is 7.46. The summed E-state index contributed by atoms with van der Waals surface area (Å²) < 4.78 is 5.40. The summed E-state index contributed by atoms with van der Waals surface area (Å²) in [5.74, 6) is 1.75. The van der Waals surface area contributed by atoms with Gasteiger partial charge in [-0.1, -0.05) is 20.8 Å². The quantitative estimate of drug-likeness (QED) is 0.832. The fourth-order valence-corrected chi connectivity index (χ4v) is 1.67. The highest BCUT2D eigenvalue weighted by Gasteiger charge is 2.20. The average Bonchev–Trinajstić information content (AvgIpc) is 2.60. The summed E-state index contributed by atoms with van der Waals surface area (Å²) in [5.41, 5.74) is 2.39. The Balaban J connectivity index is 2.21. The molecule has 0 fully saturated rings. The van der Waals surface area contributed by atoms with Gasteiger partial charge in [0, 0.05) is 12.1 Å². The first-order valence-corrected chi connectivity index (χ1v) is 5.64. The van der Waals surface area contributed by atoms with Crippen LogP contribution in [0.3, 0.4) is 0 Å². The molecule has 4 heteroatoms. The van der Waals surface area contributed by atoms with Gasteiger partial charge >= 0.3 is 0 Å². The zero-order chi connectivity index (χ0) is 11.8. The Labute approximate surface area is 96.4 Å².